The van der Waals surface area contributed by atoms with E-state index >= 15 is 0 Å². The van der Waals surface area contributed by atoms with Crippen LogP contribution in [-0.4, -0.2) is 67.5 Å². The number of carboxylic acid groups (broad SMARTS) is 1. The Labute approximate surface area is 189 Å². The molecule has 2 fully saturated rings. The zero-order valence-electron chi connectivity index (χ0n) is 19.1. The van der Waals surface area contributed by atoms with E-state index in [1.54, 1.807) is 0 Å². The van der Waals surface area contributed by atoms with Crippen LogP contribution in [0.2, 0.25) is 0 Å². The lowest BCUT2D eigenvalue weighted by Crippen LogP contribution is -2.66. The van der Waals surface area contributed by atoms with Crippen LogP contribution in [0.25, 0.3) is 0 Å². The Morgan fingerprint density at radius 3 is 2.39 bits per heavy atom. The third-order valence-corrected chi connectivity index (χ3v) is 6.15. The Hall–Kier alpha value is -2.89. The number of hydrogen-bond acceptors (Lipinski definition) is 6. The average Bonchev–Trinajstić information content (AvgIpc) is 3.21. The highest BCUT2D eigenvalue weighted by atomic mass is 19.4. The minimum absolute atomic E-state index is 0.204. The van der Waals surface area contributed by atoms with E-state index in [-0.39, 0.29) is 11.3 Å². The van der Waals surface area contributed by atoms with Crippen molar-refractivity contribution < 1.29 is 32.4 Å². The van der Waals surface area contributed by atoms with Crippen molar-refractivity contribution in [2.45, 2.75) is 52.9 Å². The molecule has 1 spiro atoms. The molecule has 2 saturated heterocycles. The second kappa shape index (κ2) is 9.16. The molecule has 1 atom stereocenters. The fourth-order valence-corrected chi connectivity index (χ4v) is 4.50. The molecule has 1 N–H and O–H groups in total. The molecule has 2 aliphatic heterocycles. The number of piperidine rings is 1. The molecule has 9 nitrogen and oxygen atoms in total. The molecule has 12 heteroatoms. The molecule has 182 valence electrons. The number of hydrogen-bond donors (Lipinski definition) is 1. The monoisotopic (exact) mass is 471 g/mol. The van der Waals surface area contributed by atoms with Gasteiger partial charge in [0, 0.05) is 32.2 Å². The number of aromatic nitrogens is 3. The van der Waals surface area contributed by atoms with Crippen LogP contribution >= 0.6 is 0 Å². The number of β-lactam (4-membered cyclic amide) rings is 1. The van der Waals surface area contributed by atoms with Gasteiger partial charge >= 0.3 is 12.1 Å². The summed E-state index contributed by atoms with van der Waals surface area (Å²) in [4.78, 5) is 26.2. The summed E-state index contributed by atoms with van der Waals surface area (Å²) in [6.07, 6.45) is -3.02. The van der Waals surface area contributed by atoms with Crippen molar-refractivity contribution in [1.82, 2.24) is 24.7 Å². The summed E-state index contributed by atoms with van der Waals surface area (Å²) in [7, 11) is 1.99. The number of halogens is 3. The molecule has 1 unspecified atom stereocenters. The first-order chi connectivity index (χ1) is 15.3. The summed E-state index contributed by atoms with van der Waals surface area (Å²) >= 11 is 0. The number of rotatable bonds is 4. The van der Waals surface area contributed by atoms with Gasteiger partial charge in [0.05, 0.1) is 29.0 Å². The largest absolute Gasteiger partial charge is 0.490 e. The molecule has 0 bridgehead atoms. The topological polar surface area (TPSA) is 105 Å². The molecule has 2 aliphatic rings. The minimum atomic E-state index is -5.08. The Kier molecular flexibility index (Phi) is 6.87. The number of aliphatic carboxylic acids is 1. The van der Waals surface area contributed by atoms with Gasteiger partial charge in [0.1, 0.15) is 5.76 Å². The van der Waals surface area contributed by atoms with Gasteiger partial charge in [-0.05, 0) is 46.2 Å². The van der Waals surface area contributed by atoms with Gasteiger partial charge in [0.25, 0.3) is 0 Å². The van der Waals surface area contributed by atoms with E-state index in [1.807, 2.05) is 37.4 Å². The highest BCUT2D eigenvalue weighted by Gasteiger charge is 2.53. The SMILES string of the molecule is Cc1cc(CN2CCCC3(C2)CN(Cc2c(C)noc2C)C3=O)n(C)n1.O=C(O)C(F)(F)F. The molecule has 1 amide bonds. The van der Waals surface area contributed by atoms with Crippen LogP contribution in [0.15, 0.2) is 10.6 Å². The number of carbonyl (C=O) groups is 2. The maximum Gasteiger partial charge on any atom is 0.490 e. The van der Waals surface area contributed by atoms with E-state index in [9.17, 15) is 18.0 Å². The van der Waals surface area contributed by atoms with Crippen molar-refractivity contribution in [1.29, 1.82) is 0 Å². The van der Waals surface area contributed by atoms with Crippen LogP contribution in [-0.2, 0) is 29.7 Å². The molecule has 4 rings (SSSR count). The summed E-state index contributed by atoms with van der Waals surface area (Å²) in [6, 6.07) is 2.13. The van der Waals surface area contributed by atoms with Crippen LogP contribution in [0.4, 0.5) is 13.2 Å². The third-order valence-electron chi connectivity index (χ3n) is 6.15. The van der Waals surface area contributed by atoms with Crippen molar-refractivity contribution in [2.24, 2.45) is 12.5 Å². The lowest BCUT2D eigenvalue weighted by Gasteiger charge is -2.53. The van der Waals surface area contributed by atoms with Crippen LogP contribution < -0.4 is 0 Å². The Balaban J connectivity index is 0.000000383. The molecule has 33 heavy (non-hydrogen) atoms. The highest BCUT2D eigenvalue weighted by molar-refractivity contribution is 5.89. The molecule has 0 radical (unpaired) electrons. The summed E-state index contributed by atoms with van der Waals surface area (Å²) in [5.74, 6) is -1.66. The predicted octanol–water partition coefficient (Wildman–Crippen LogP) is 2.59. The van der Waals surface area contributed by atoms with Crippen molar-refractivity contribution in [2.75, 3.05) is 19.6 Å². The van der Waals surface area contributed by atoms with Gasteiger partial charge in [-0.1, -0.05) is 5.16 Å². The normalized spacial score (nSPS) is 21.1. The fourth-order valence-electron chi connectivity index (χ4n) is 4.50. The van der Waals surface area contributed by atoms with Crippen molar-refractivity contribution in [3.05, 3.63) is 34.5 Å². The lowest BCUT2D eigenvalue weighted by atomic mass is 9.72. The fraction of sp³-hybridized carbons (Fsp3) is 0.619. The number of carbonyl (C=O) groups excluding carboxylic acids is 1. The van der Waals surface area contributed by atoms with E-state index in [4.69, 9.17) is 14.4 Å². The number of carboxylic acids is 1. The number of alkyl halides is 3. The van der Waals surface area contributed by atoms with Gasteiger partial charge < -0.3 is 14.5 Å². The van der Waals surface area contributed by atoms with Crippen molar-refractivity contribution in [3.8, 4) is 0 Å². The number of aryl methyl sites for hydroxylation is 4. The van der Waals surface area contributed by atoms with Gasteiger partial charge in [-0.2, -0.15) is 18.3 Å². The first-order valence-electron chi connectivity index (χ1n) is 10.6. The molecular weight excluding hydrogens is 443 g/mol. The molecule has 0 aromatic carbocycles. The first-order valence-corrected chi connectivity index (χ1v) is 10.6. The Morgan fingerprint density at radius 2 is 1.91 bits per heavy atom. The molecule has 0 saturated carbocycles. The van der Waals surface area contributed by atoms with Gasteiger partial charge in [-0.15, -0.1) is 0 Å². The maximum absolute atomic E-state index is 13.0. The summed E-state index contributed by atoms with van der Waals surface area (Å²) in [6.45, 7) is 10.0. The van der Waals surface area contributed by atoms with E-state index in [1.165, 1.54) is 5.69 Å². The van der Waals surface area contributed by atoms with Crippen LogP contribution in [0.1, 0.15) is 41.2 Å². The van der Waals surface area contributed by atoms with E-state index < -0.39 is 12.1 Å². The first kappa shape index (κ1) is 24.7. The van der Waals surface area contributed by atoms with Gasteiger partial charge in [-0.25, -0.2) is 4.79 Å². The lowest BCUT2D eigenvalue weighted by molar-refractivity contribution is -0.192. The van der Waals surface area contributed by atoms with Crippen molar-refractivity contribution >= 4 is 11.9 Å². The number of amides is 1. The summed E-state index contributed by atoms with van der Waals surface area (Å²) in [5, 5.41) is 15.6. The van der Waals surface area contributed by atoms with Gasteiger partial charge in [0.15, 0.2) is 0 Å². The maximum atomic E-state index is 13.0. The van der Waals surface area contributed by atoms with Crippen LogP contribution in [0, 0.1) is 26.2 Å². The number of likely N-dealkylation sites (tertiary alicyclic amines) is 2. The predicted molar refractivity (Wildman–Crippen MR) is 110 cm³/mol. The van der Waals surface area contributed by atoms with Crippen LogP contribution in [0.5, 0.6) is 0 Å². The highest BCUT2D eigenvalue weighted by Crippen LogP contribution is 2.41. The Morgan fingerprint density at radius 1 is 1.24 bits per heavy atom. The summed E-state index contributed by atoms with van der Waals surface area (Å²) < 4.78 is 38.9. The average molecular weight is 471 g/mol. The second-order valence-corrected chi connectivity index (χ2v) is 8.76. The van der Waals surface area contributed by atoms with Crippen LogP contribution in [0.3, 0.4) is 0 Å². The minimum Gasteiger partial charge on any atom is -0.475 e. The van der Waals surface area contributed by atoms with Gasteiger partial charge in [-0.3, -0.25) is 14.4 Å². The zero-order valence-corrected chi connectivity index (χ0v) is 19.1. The van der Waals surface area contributed by atoms with Crippen molar-refractivity contribution in [3.63, 3.8) is 0 Å². The molecule has 0 aliphatic carbocycles. The quantitative estimate of drug-likeness (QED) is 0.684. The standard InChI is InChI=1S/C19H27N5O2.C2HF3O2/c1-13-8-16(22(4)20-13)9-23-7-5-6-19(11-23)12-24(18(19)25)10-17-14(2)21-26-15(17)3;3-2(4,5)1(6)7/h8H,5-7,9-12H2,1-4H3;(H,6,7). The van der Waals surface area contributed by atoms with Gasteiger partial charge in [0.2, 0.25) is 5.91 Å². The van der Waals surface area contributed by atoms with E-state index in [2.05, 4.69) is 21.2 Å². The smallest absolute Gasteiger partial charge is 0.475 e. The molecule has 4 heterocycles. The molecule has 2 aromatic heterocycles. The second-order valence-electron chi connectivity index (χ2n) is 8.76. The van der Waals surface area contributed by atoms with E-state index in [0.717, 1.165) is 61.7 Å². The van der Waals surface area contributed by atoms with E-state index in [0.29, 0.717) is 6.54 Å². The number of nitrogens with zero attached hydrogens (tertiary/aromatic N) is 5. The Bertz CT molecular complexity index is 1010. The summed E-state index contributed by atoms with van der Waals surface area (Å²) in [5.41, 5.74) is 3.98. The zero-order chi connectivity index (χ0) is 24.6. The third kappa shape index (κ3) is 5.37. The molecule has 2 aromatic rings. The molecular formula is C21H28F3N5O4.